The maximum Gasteiger partial charge on any atom is 0.320 e. The molecule has 2 unspecified atom stereocenters. The van der Waals surface area contributed by atoms with Crippen molar-refractivity contribution in [1.29, 1.82) is 0 Å². The second-order valence-corrected chi connectivity index (χ2v) is 6.08. The van der Waals surface area contributed by atoms with Crippen LogP contribution < -0.4 is 5.32 Å². The summed E-state index contributed by atoms with van der Waals surface area (Å²) < 4.78 is 0. The summed E-state index contributed by atoms with van der Waals surface area (Å²) in [6, 6.07) is -0.379. The molecule has 0 saturated heterocycles. The van der Waals surface area contributed by atoms with Crippen molar-refractivity contribution in [3.8, 4) is 0 Å². The van der Waals surface area contributed by atoms with Gasteiger partial charge in [-0.1, -0.05) is 46.5 Å². The first-order valence-electron chi connectivity index (χ1n) is 7.50. The summed E-state index contributed by atoms with van der Waals surface area (Å²) in [6.07, 6.45) is 7.40. The number of carbonyl (C=O) groups is 1. The van der Waals surface area contributed by atoms with Crippen LogP contribution in [0, 0.1) is 17.8 Å². The molecule has 106 valence electrons. The van der Waals surface area contributed by atoms with E-state index >= 15 is 0 Å². The molecule has 0 aromatic carbocycles. The zero-order chi connectivity index (χ0) is 13.5. The first-order valence-corrected chi connectivity index (χ1v) is 7.50. The minimum atomic E-state index is -0.707. The molecule has 0 bridgehead atoms. The number of aliphatic carboxylic acids is 1. The van der Waals surface area contributed by atoms with Gasteiger partial charge in [0.2, 0.25) is 0 Å². The van der Waals surface area contributed by atoms with Gasteiger partial charge < -0.3 is 10.4 Å². The highest BCUT2D eigenvalue weighted by atomic mass is 16.4. The van der Waals surface area contributed by atoms with Crippen molar-refractivity contribution in [3.63, 3.8) is 0 Å². The molecule has 0 amide bonds. The Morgan fingerprint density at radius 2 is 2.17 bits per heavy atom. The van der Waals surface area contributed by atoms with Crippen LogP contribution in [0.25, 0.3) is 0 Å². The summed E-state index contributed by atoms with van der Waals surface area (Å²) in [5.74, 6) is 1.15. The van der Waals surface area contributed by atoms with Crippen LogP contribution in [0.2, 0.25) is 0 Å². The molecule has 0 aliphatic heterocycles. The average molecular weight is 255 g/mol. The molecule has 1 fully saturated rings. The molecular formula is C15H29NO2. The molecule has 0 aromatic heterocycles. The zero-order valence-electron chi connectivity index (χ0n) is 12.1. The lowest BCUT2D eigenvalue weighted by atomic mass is 9.81. The number of carboxylic acid groups (broad SMARTS) is 1. The van der Waals surface area contributed by atoms with Gasteiger partial charge in [-0.15, -0.1) is 0 Å². The Kier molecular flexibility index (Phi) is 6.69. The van der Waals surface area contributed by atoms with Gasteiger partial charge in [0.1, 0.15) is 6.04 Å². The standard InChI is InChI=1S/C15H29NO2/c1-4-12(3)14(15(17)18)16-9-8-13-7-5-6-11(2)10-13/h11-14,16H,4-10H2,1-3H3,(H,17,18)/t11?,12-,13?,14-/m0/s1. The third kappa shape index (κ3) is 4.97. The van der Waals surface area contributed by atoms with E-state index in [0.29, 0.717) is 0 Å². The predicted molar refractivity (Wildman–Crippen MR) is 74.6 cm³/mol. The van der Waals surface area contributed by atoms with Crippen LogP contribution in [0.15, 0.2) is 0 Å². The summed E-state index contributed by atoms with van der Waals surface area (Å²) >= 11 is 0. The van der Waals surface area contributed by atoms with Crippen LogP contribution in [-0.2, 0) is 4.79 Å². The summed E-state index contributed by atoms with van der Waals surface area (Å²) in [4.78, 5) is 11.2. The van der Waals surface area contributed by atoms with Gasteiger partial charge in [0.05, 0.1) is 0 Å². The van der Waals surface area contributed by atoms with E-state index in [9.17, 15) is 9.90 Å². The summed E-state index contributed by atoms with van der Waals surface area (Å²) in [7, 11) is 0. The molecule has 1 rings (SSSR count). The molecule has 1 aliphatic carbocycles. The van der Waals surface area contributed by atoms with Crippen LogP contribution in [-0.4, -0.2) is 23.7 Å². The Morgan fingerprint density at radius 1 is 1.44 bits per heavy atom. The first-order chi connectivity index (χ1) is 8.54. The fourth-order valence-electron chi connectivity index (χ4n) is 3.03. The van der Waals surface area contributed by atoms with Crippen molar-refractivity contribution in [2.75, 3.05) is 6.54 Å². The van der Waals surface area contributed by atoms with Crippen molar-refractivity contribution in [3.05, 3.63) is 0 Å². The number of nitrogens with one attached hydrogen (secondary N) is 1. The fraction of sp³-hybridized carbons (Fsp3) is 0.933. The molecule has 0 spiro atoms. The van der Waals surface area contributed by atoms with Crippen molar-refractivity contribution < 1.29 is 9.90 Å². The highest BCUT2D eigenvalue weighted by Gasteiger charge is 2.24. The molecule has 0 heterocycles. The van der Waals surface area contributed by atoms with Gasteiger partial charge in [-0.25, -0.2) is 0 Å². The smallest absolute Gasteiger partial charge is 0.320 e. The van der Waals surface area contributed by atoms with E-state index in [4.69, 9.17) is 0 Å². The lowest BCUT2D eigenvalue weighted by Crippen LogP contribution is -2.42. The summed E-state index contributed by atoms with van der Waals surface area (Å²) in [5, 5.41) is 12.4. The third-order valence-corrected chi connectivity index (χ3v) is 4.44. The molecule has 18 heavy (non-hydrogen) atoms. The van der Waals surface area contributed by atoms with Crippen LogP contribution in [0.5, 0.6) is 0 Å². The molecule has 3 heteroatoms. The molecule has 4 atom stereocenters. The molecular weight excluding hydrogens is 226 g/mol. The SMILES string of the molecule is CC[C@H](C)[C@H](NCCC1CCCC(C)C1)C(=O)O. The minimum absolute atomic E-state index is 0.202. The predicted octanol–water partition coefficient (Wildman–Crippen LogP) is 3.29. The maximum atomic E-state index is 11.2. The minimum Gasteiger partial charge on any atom is -0.480 e. The highest BCUT2D eigenvalue weighted by Crippen LogP contribution is 2.30. The van der Waals surface area contributed by atoms with Gasteiger partial charge in [-0.3, -0.25) is 4.79 Å². The van der Waals surface area contributed by atoms with E-state index in [2.05, 4.69) is 12.2 Å². The molecule has 2 N–H and O–H groups in total. The van der Waals surface area contributed by atoms with Crippen LogP contribution in [0.4, 0.5) is 0 Å². The largest absolute Gasteiger partial charge is 0.480 e. The van der Waals surface area contributed by atoms with E-state index in [1.165, 1.54) is 25.7 Å². The van der Waals surface area contributed by atoms with Gasteiger partial charge in [0, 0.05) is 0 Å². The Balaban J connectivity index is 2.28. The quantitative estimate of drug-likeness (QED) is 0.734. The normalized spacial score (nSPS) is 27.7. The average Bonchev–Trinajstić information content (AvgIpc) is 2.33. The van der Waals surface area contributed by atoms with Crippen LogP contribution >= 0.6 is 0 Å². The number of hydrogen-bond donors (Lipinski definition) is 2. The summed E-state index contributed by atoms with van der Waals surface area (Å²) in [5.41, 5.74) is 0. The van der Waals surface area contributed by atoms with Gasteiger partial charge >= 0.3 is 5.97 Å². The van der Waals surface area contributed by atoms with E-state index < -0.39 is 5.97 Å². The van der Waals surface area contributed by atoms with Crippen LogP contribution in [0.3, 0.4) is 0 Å². The zero-order valence-corrected chi connectivity index (χ0v) is 12.1. The molecule has 0 aromatic rings. The Labute approximate surface area is 111 Å². The third-order valence-electron chi connectivity index (χ3n) is 4.44. The van der Waals surface area contributed by atoms with Gasteiger partial charge in [0.25, 0.3) is 0 Å². The second-order valence-electron chi connectivity index (χ2n) is 6.08. The van der Waals surface area contributed by atoms with Crippen molar-refractivity contribution in [2.24, 2.45) is 17.8 Å². The fourth-order valence-corrected chi connectivity index (χ4v) is 3.03. The van der Waals surface area contributed by atoms with Gasteiger partial charge in [-0.2, -0.15) is 0 Å². The monoisotopic (exact) mass is 255 g/mol. The van der Waals surface area contributed by atoms with Gasteiger partial charge in [-0.05, 0) is 37.1 Å². The van der Waals surface area contributed by atoms with E-state index in [1.54, 1.807) is 0 Å². The lowest BCUT2D eigenvalue weighted by molar-refractivity contribution is -0.140. The number of carboxylic acids is 1. The Hall–Kier alpha value is -0.570. The number of hydrogen-bond acceptors (Lipinski definition) is 2. The molecule has 0 radical (unpaired) electrons. The van der Waals surface area contributed by atoms with E-state index in [0.717, 1.165) is 31.2 Å². The Morgan fingerprint density at radius 3 is 2.72 bits per heavy atom. The van der Waals surface area contributed by atoms with Crippen molar-refractivity contribution >= 4 is 5.97 Å². The van der Waals surface area contributed by atoms with Crippen LogP contribution in [0.1, 0.15) is 59.3 Å². The van der Waals surface area contributed by atoms with Crippen molar-refractivity contribution in [1.82, 2.24) is 5.32 Å². The molecule has 1 aliphatic rings. The Bertz CT molecular complexity index is 255. The second kappa shape index (κ2) is 7.78. The lowest BCUT2D eigenvalue weighted by Gasteiger charge is -2.27. The van der Waals surface area contributed by atoms with E-state index in [1.807, 2.05) is 13.8 Å². The van der Waals surface area contributed by atoms with E-state index in [-0.39, 0.29) is 12.0 Å². The number of rotatable bonds is 7. The maximum absolute atomic E-state index is 11.2. The molecule has 3 nitrogen and oxygen atoms in total. The van der Waals surface area contributed by atoms with Crippen molar-refractivity contribution in [2.45, 2.75) is 65.3 Å². The highest BCUT2D eigenvalue weighted by molar-refractivity contribution is 5.73. The first kappa shape index (κ1) is 15.5. The van der Waals surface area contributed by atoms with Gasteiger partial charge in [0.15, 0.2) is 0 Å². The molecule has 1 saturated carbocycles. The summed E-state index contributed by atoms with van der Waals surface area (Å²) in [6.45, 7) is 7.23. The topological polar surface area (TPSA) is 49.3 Å².